The SMILES string of the molecule is CCC(C)(C)CCOC(=O)/C1=C/C=C(/C(=O)O)CC#CC1. The van der Waals surface area contributed by atoms with Gasteiger partial charge in [-0.2, -0.15) is 0 Å². The van der Waals surface area contributed by atoms with E-state index in [1.807, 2.05) is 0 Å². The average molecular weight is 290 g/mol. The Morgan fingerprint density at radius 2 is 1.81 bits per heavy atom. The summed E-state index contributed by atoms with van der Waals surface area (Å²) in [5.74, 6) is 4.11. The molecule has 0 saturated carbocycles. The summed E-state index contributed by atoms with van der Waals surface area (Å²) in [7, 11) is 0. The summed E-state index contributed by atoms with van der Waals surface area (Å²) < 4.78 is 5.26. The zero-order valence-electron chi connectivity index (χ0n) is 12.9. The molecule has 0 bridgehead atoms. The van der Waals surface area contributed by atoms with Gasteiger partial charge in [-0.1, -0.05) is 51.2 Å². The highest BCUT2D eigenvalue weighted by molar-refractivity contribution is 5.91. The van der Waals surface area contributed by atoms with E-state index in [-0.39, 0.29) is 17.4 Å². The molecule has 1 N–H and O–H groups in total. The maximum Gasteiger partial charge on any atom is 0.334 e. The molecule has 0 aromatic rings. The van der Waals surface area contributed by atoms with Crippen molar-refractivity contribution >= 4 is 11.9 Å². The van der Waals surface area contributed by atoms with E-state index in [1.54, 1.807) is 0 Å². The number of esters is 1. The van der Waals surface area contributed by atoms with Crippen molar-refractivity contribution in [3.63, 3.8) is 0 Å². The first-order chi connectivity index (χ1) is 9.85. The number of carboxylic acids is 1. The molecular formula is C17H22O4. The van der Waals surface area contributed by atoms with E-state index in [0.29, 0.717) is 18.6 Å². The summed E-state index contributed by atoms with van der Waals surface area (Å²) in [5, 5.41) is 8.96. The van der Waals surface area contributed by atoms with Gasteiger partial charge >= 0.3 is 11.9 Å². The lowest BCUT2D eigenvalue weighted by Crippen LogP contribution is -2.16. The molecular weight excluding hydrogens is 268 g/mol. The van der Waals surface area contributed by atoms with Crippen LogP contribution < -0.4 is 0 Å². The van der Waals surface area contributed by atoms with Crippen molar-refractivity contribution in [2.75, 3.05) is 6.61 Å². The summed E-state index contributed by atoms with van der Waals surface area (Å²) in [6, 6.07) is 0. The van der Waals surface area contributed by atoms with Crippen molar-refractivity contribution in [1.29, 1.82) is 0 Å². The highest BCUT2D eigenvalue weighted by atomic mass is 16.5. The molecule has 0 radical (unpaired) electrons. The van der Waals surface area contributed by atoms with Crippen molar-refractivity contribution in [2.45, 2.75) is 46.5 Å². The monoisotopic (exact) mass is 290 g/mol. The van der Waals surface area contributed by atoms with Crippen molar-refractivity contribution < 1.29 is 19.4 Å². The minimum absolute atomic E-state index is 0.145. The summed E-state index contributed by atoms with van der Waals surface area (Å²) >= 11 is 0. The molecule has 1 rings (SSSR count). The lowest BCUT2D eigenvalue weighted by molar-refractivity contribution is -0.139. The maximum absolute atomic E-state index is 12.0. The number of rotatable bonds is 6. The molecule has 0 aromatic carbocycles. The van der Waals surface area contributed by atoms with Crippen LogP contribution in [-0.2, 0) is 14.3 Å². The Hall–Kier alpha value is -2.02. The molecule has 0 heterocycles. The molecule has 1 aliphatic carbocycles. The lowest BCUT2D eigenvalue weighted by Gasteiger charge is -2.22. The molecule has 0 unspecified atom stereocenters. The Morgan fingerprint density at radius 1 is 1.24 bits per heavy atom. The summed E-state index contributed by atoms with van der Waals surface area (Å²) in [6.07, 6.45) is 5.24. The van der Waals surface area contributed by atoms with Crippen molar-refractivity contribution in [3.05, 3.63) is 23.3 Å². The molecule has 1 aliphatic rings. The van der Waals surface area contributed by atoms with E-state index < -0.39 is 11.9 Å². The van der Waals surface area contributed by atoms with Gasteiger partial charge in [0.25, 0.3) is 0 Å². The predicted octanol–water partition coefficient (Wildman–Crippen LogP) is 3.09. The number of aliphatic carboxylic acids is 1. The summed E-state index contributed by atoms with van der Waals surface area (Å²) in [6.45, 7) is 6.72. The van der Waals surface area contributed by atoms with Crippen LogP contribution in [0.2, 0.25) is 0 Å². The number of carboxylic acid groups (broad SMARTS) is 1. The van der Waals surface area contributed by atoms with Crippen molar-refractivity contribution in [1.82, 2.24) is 0 Å². The van der Waals surface area contributed by atoms with E-state index >= 15 is 0 Å². The fourth-order valence-corrected chi connectivity index (χ4v) is 1.61. The normalized spacial score (nSPS) is 19.8. The molecule has 0 saturated heterocycles. The van der Waals surface area contributed by atoms with Gasteiger partial charge in [0.1, 0.15) is 0 Å². The van der Waals surface area contributed by atoms with Crippen molar-refractivity contribution in [2.24, 2.45) is 5.41 Å². The third-order valence-corrected chi connectivity index (χ3v) is 3.67. The summed E-state index contributed by atoms with van der Waals surface area (Å²) in [4.78, 5) is 22.9. The highest BCUT2D eigenvalue weighted by Gasteiger charge is 2.17. The van der Waals surface area contributed by atoms with Crippen LogP contribution in [0.4, 0.5) is 0 Å². The van der Waals surface area contributed by atoms with Crippen LogP contribution in [0.1, 0.15) is 46.5 Å². The standard InChI is InChI=1S/C17H22O4/c1-4-17(2,3)11-12-21-16(20)14-8-6-5-7-13(9-10-14)15(18)19/h9-10H,4,7-8,11-12H2,1-3H3,(H,18,19)/b13-9+,14-10+. The topological polar surface area (TPSA) is 63.6 Å². The molecule has 0 amide bonds. The maximum atomic E-state index is 12.0. The van der Waals surface area contributed by atoms with Crippen LogP contribution in [0.15, 0.2) is 23.3 Å². The van der Waals surface area contributed by atoms with E-state index in [9.17, 15) is 9.59 Å². The average Bonchev–Trinajstić information content (AvgIpc) is 2.37. The van der Waals surface area contributed by atoms with Gasteiger partial charge in [0.05, 0.1) is 6.61 Å². The number of carbonyl (C=O) groups excluding carboxylic acids is 1. The van der Waals surface area contributed by atoms with Crippen LogP contribution in [0, 0.1) is 17.3 Å². The van der Waals surface area contributed by atoms with Gasteiger partial charge in [-0.25, -0.2) is 9.59 Å². The van der Waals surface area contributed by atoms with Gasteiger partial charge in [-0.15, -0.1) is 0 Å². The van der Waals surface area contributed by atoms with Crippen LogP contribution in [0.3, 0.4) is 0 Å². The molecule has 0 aromatic heterocycles. The molecule has 114 valence electrons. The highest BCUT2D eigenvalue weighted by Crippen LogP contribution is 2.24. The fraction of sp³-hybridized carbons (Fsp3) is 0.529. The number of ether oxygens (including phenoxy) is 1. The second-order valence-corrected chi connectivity index (χ2v) is 5.80. The first-order valence-corrected chi connectivity index (χ1v) is 7.11. The third kappa shape index (κ3) is 5.86. The van der Waals surface area contributed by atoms with Gasteiger partial charge in [-0.05, 0) is 11.8 Å². The Bertz CT molecular complexity index is 527. The largest absolute Gasteiger partial charge is 0.478 e. The zero-order valence-corrected chi connectivity index (χ0v) is 12.9. The first-order valence-electron chi connectivity index (χ1n) is 7.11. The molecule has 21 heavy (non-hydrogen) atoms. The van der Waals surface area contributed by atoms with Gasteiger partial charge in [0, 0.05) is 24.0 Å². The number of hydrogen-bond donors (Lipinski definition) is 1. The Morgan fingerprint density at radius 3 is 2.38 bits per heavy atom. The Kier molecular flexibility index (Phi) is 6.23. The van der Waals surface area contributed by atoms with Crippen LogP contribution in [-0.4, -0.2) is 23.7 Å². The van der Waals surface area contributed by atoms with Crippen molar-refractivity contribution in [3.8, 4) is 11.8 Å². The van der Waals surface area contributed by atoms with Crippen LogP contribution in [0.25, 0.3) is 0 Å². The van der Waals surface area contributed by atoms with Crippen LogP contribution in [0.5, 0.6) is 0 Å². The number of carbonyl (C=O) groups is 2. The molecule has 0 fully saturated rings. The second-order valence-electron chi connectivity index (χ2n) is 5.80. The molecule has 0 spiro atoms. The molecule has 0 aliphatic heterocycles. The first kappa shape index (κ1) is 17.0. The van der Waals surface area contributed by atoms with E-state index in [0.717, 1.165) is 12.8 Å². The minimum atomic E-state index is -1.01. The molecule has 4 heteroatoms. The molecule has 0 atom stereocenters. The zero-order chi connectivity index (χ0) is 15.9. The Labute approximate surface area is 125 Å². The lowest BCUT2D eigenvalue weighted by atomic mass is 9.87. The molecule has 4 nitrogen and oxygen atoms in total. The quantitative estimate of drug-likeness (QED) is 0.603. The fourth-order valence-electron chi connectivity index (χ4n) is 1.61. The van der Waals surface area contributed by atoms with Gasteiger partial charge in [0.2, 0.25) is 0 Å². The predicted molar refractivity (Wildman–Crippen MR) is 80.5 cm³/mol. The summed E-state index contributed by atoms with van der Waals surface area (Å²) in [5.41, 5.74) is 0.723. The minimum Gasteiger partial charge on any atom is -0.478 e. The third-order valence-electron chi connectivity index (χ3n) is 3.67. The number of hydrogen-bond acceptors (Lipinski definition) is 3. The van der Waals surface area contributed by atoms with Gasteiger partial charge in [0.15, 0.2) is 0 Å². The van der Waals surface area contributed by atoms with Crippen LogP contribution >= 0.6 is 0 Å². The Balaban J connectivity index is 2.65. The van der Waals surface area contributed by atoms with E-state index in [2.05, 4.69) is 32.6 Å². The smallest absolute Gasteiger partial charge is 0.334 e. The second kappa shape index (κ2) is 7.68. The van der Waals surface area contributed by atoms with E-state index in [4.69, 9.17) is 9.84 Å². The van der Waals surface area contributed by atoms with E-state index in [1.165, 1.54) is 12.2 Å². The van der Waals surface area contributed by atoms with Gasteiger partial charge < -0.3 is 9.84 Å². The van der Waals surface area contributed by atoms with Gasteiger partial charge in [-0.3, -0.25) is 0 Å². The number of allylic oxidation sites excluding steroid dienone is 2.